The Balaban J connectivity index is 2.31. The minimum atomic E-state index is 0.656. The summed E-state index contributed by atoms with van der Waals surface area (Å²) in [5.74, 6) is 0.775. The minimum Gasteiger partial charge on any atom is -0.431 e. The molecule has 2 rings (SSSR count). The number of ether oxygens (including phenoxy) is 1. The summed E-state index contributed by atoms with van der Waals surface area (Å²) >= 11 is 1.49. The number of aryl methyl sites for hydroxylation is 3. The van der Waals surface area contributed by atoms with E-state index in [4.69, 9.17) is 10.5 Å². The molecule has 0 unspecified atom stereocenters. The van der Waals surface area contributed by atoms with Gasteiger partial charge in [-0.3, -0.25) is 0 Å². The monoisotopic (exact) mass is 234 g/mol. The molecule has 2 N–H and O–H groups in total. The van der Waals surface area contributed by atoms with Crippen molar-refractivity contribution >= 4 is 17.0 Å². The molecule has 1 aromatic carbocycles. The quantitative estimate of drug-likeness (QED) is 0.810. The second kappa shape index (κ2) is 4.14. The summed E-state index contributed by atoms with van der Waals surface area (Å²) in [4.78, 5) is 4.25. The van der Waals surface area contributed by atoms with E-state index in [1.54, 1.807) is 0 Å². The van der Waals surface area contributed by atoms with E-state index in [2.05, 4.69) is 4.98 Å². The molecule has 16 heavy (non-hydrogen) atoms. The molecule has 0 saturated carbocycles. The molecule has 0 aliphatic carbocycles. The molecule has 3 nitrogen and oxygen atoms in total. The number of aromatic nitrogens is 1. The van der Waals surface area contributed by atoms with E-state index in [0.717, 1.165) is 28.3 Å². The highest BCUT2D eigenvalue weighted by molar-refractivity contribution is 7.11. The number of nitrogen functional groups attached to an aromatic ring is 1. The minimum absolute atomic E-state index is 0.656. The van der Waals surface area contributed by atoms with Gasteiger partial charge in [0.1, 0.15) is 5.75 Å². The van der Waals surface area contributed by atoms with Crippen LogP contribution in [0.1, 0.15) is 16.8 Å². The van der Waals surface area contributed by atoms with Crippen LogP contribution in [-0.2, 0) is 0 Å². The average Bonchev–Trinajstić information content (AvgIpc) is 2.60. The predicted octanol–water partition coefficient (Wildman–Crippen LogP) is 3.44. The predicted molar refractivity (Wildman–Crippen MR) is 67.3 cm³/mol. The van der Waals surface area contributed by atoms with Gasteiger partial charge in [-0.05, 0) is 31.9 Å². The number of thiazole rings is 1. The number of benzene rings is 1. The summed E-state index contributed by atoms with van der Waals surface area (Å²) < 4.78 is 5.69. The molecule has 0 saturated heterocycles. The fraction of sp³-hybridized carbons (Fsp3) is 0.250. The maximum Gasteiger partial charge on any atom is 0.278 e. The maximum atomic E-state index is 5.85. The van der Waals surface area contributed by atoms with Crippen LogP contribution in [0.3, 0.4) is 0 Å². The van der Waals surface area contributed by atoms with Gasteiger partial charge in [-0.25, -0.2) is 4.98 Å². The van der Waals surface area contributed by atoms with Crippen LogP contribution >= 0.6 is 11.3 Å². The third-order valence-corrected chi connectivity index (χ3v) is 3.19. The van der Waals surface area contributed by atoms with Crippen LogP contribution in [-0.4, -0.2) is 4.98 Å². The smallest absolute Gasteiger partial charge is 0.278 e. The lowest BCUT2D eigenvalue weighted by Gasteiger charge is -2.08. The van der Waals surface area contributed by atoms with Crippen molar-refractivity contribution in [3.05, 3.63) is 34.3 Å². The van der Waals surface area contributed by atoms with Gasteiger partial charge < -0.3 is 10.5 Å². The van der Waals surface area contributed by atoms with Crippen molar-refractivity contribution in [2.24, 2.45) is 0 Å². The zero-order valence-corrected chi connectivity index (χ0v) is 10.4. The number of nitrogens with two attached hydrogens (primary N) is 1. The first-order chi connectivity index (χ1) is 7.56. The molecule has 0 aliphatic heterocycles. The second-order valence-corrected chi connectivity index (χ2v) is 4.65. The average molecular weight is 234 g/mol. The molecule has 2 aromatic rings. The molecule has 1 heterocycles. The normalized spacial score (nSPS) is 10.4. The zero-order valence-electron chi connectivity index (χ0n) is 9.57. The second-order valence-electron chi connectivity index (χ2n) is 3.83. The number of hydrogen-bond donors (Lipinski definition) is 1. The Hall–Kier alpha value is -1.55. The van der Waals surface area contributed by atoms with Gasteiger partial charge in [0.2, 0.25) is 0 Å². The number of hydrogen-bond acceptors (Lipinski definition) is 4. The third kappa shape index (κ3) is 2.17. The molecule has 0 radical (unpaired) electrons. The van der Waals surface area contributed by atoms with Crippen LogP contribution in [0.2, 0.25) is 0 Å². The van der Waals surface area contributed by atoms with E-state index >= 15 is 0 Å². The SMILES string of the molecule is Cc1csc(Oc2cc(N)c(C)cc2C)n1. The van der Waals surface area contributed by atoms with E-state index in [9.17, 15) is 0 Å². The Kier molecular flexibility index (Phi) is 2.83. The number of anilines is 1. The summed E-state index contributed by atoms with van der Waals surface area (Å²) in [6.45, 7) is 5.93. The van der Waals surface area contributed by atoms with Gasteiger partial charge in [-0.1, -0.05) is 17.4 Å². The fourth-order valence-corrected chi connectivity index (χ4v) is 2.09. The Morgan fingerprint density at radius 3 is 2.56 bits per heavy atom. The van der Waals surface area contributed by atoms with E-state index < -0.39 is 0 Å². The zero-order chi connectivity index (χ0) is 11.7. The van der Waals surface area contributed by atoms with Gasteiger partial charge in [0, 0.05) is 17.1 Å². The number of rotatable bonds is 2. The molecule has 1 aromatic heterocycles. The molecule has 84 valence electrons. The summed E-state index contributed by atoms with van der Waals surface area (Å²) in [5.41, 5.74) is 9.70. The lowest BCUT2D eigenvalue weighted by atomic mass is 10.1. The molecule has 0 atom stereocenters. The summed E-state index contributed by atoms with van der Waals surface area (Å²) in [5, 5.41) is 2.62. The van der Waals surface area contributed by atoms with E-state index in [1.807, 2.05) is 38.3 Å². The molecule has 0 amide bonds. The number of nitrogens with zero attached hydrogens (tertiary/aromatic N) is 1. The highest BCUT2D eigenvalue weighted by Gasteiger charge is 2.06. The third-order valence-electron chi connectivity index (χ3n) is 2.36. The van der Waals surface area contributed by atoms with Crippen LogP contribution in [0.5, 0.6) is 10.9 Å². The molecule has 0 aliphatic rings. The summed E-state index contributed by atoms with van der Waals surface area (Å²) in [6.07, 6.45) is 0. The fourth-order valence-electron chi connectivity index (χ4n) is 1.43. The van der Waals surface area contributed by atoms with Crippen molar-refractivity contribution in [1.29, 1.82) is 0 Å². The van der Waals surface area contributed by atoms with Gasteiger partial charge in [0.25, 0.3) is 5.19 Å². The van der Waals surface area contributed by atoms with Crippen molar-refractivity contribution in [3.8, 4) is 10.9 Å². The van der Waals surface area contributed by atoms with Crippen LogP contribution < -0.4 is 10.5 Å². The van der Waals surface area contributed by atoms with Crippen molar-refractivity contribution in [3.63, 3.8) is 0 Å². The van der Waals surface area contributed by atoms with Gasteiger partial charge in [0.05, 0.1) is 5.69 Å². The van der Waals surface area contributed by atoms with Crippen LogP contribution in [0, 0.1) is 20.8 Å². The molecule has 4 heteroatoms. The van der Waals surface area contributed by atoms with Crippen molar-refractivity contribution < 1.29 is 4.74 Å². The largest absolute Gasteiger partial charge is 0.431 e. The Bertz CT molecular complexity index is 520. The van der Waals surface area contributed by atoms with Crippen LogP contribution in [0.25, 0.3) is 0 Å². The highest BCUT2D eigenvalue weighted by Crippen LogP contribution is 2.30. The summed E-state index contributed by atoms with van der Waals surface area (Å²) in [7, 11) is 0. The van der Waals surface area contributed by atoms with Crippen molar-refractivity contribution in [2.75, 3.05) is 5.73 Å². The Labute approximate surface area is 98.9 Å². The van der Waals surface area contributed by atoms with E-state index in [-0.39, 0.29) is 0 Å². The first-order valence-corrected chi connectivity index (χ1v) is 5.91. The van der Waals surface area contributed by atoms with Crippen LogP contribution in [0.15, 0.2) is 17.5 Å². The lowest BCUT2D eigenvalue weighted by Crippen LogP contribution is -1.94. The van der Waals surface area contributed by atoms with Gasteiger partial charge in [0.15, 0.2) is 0 Å². The first kappa shape index (κ1) is 11.0. The van der Waals surface area contributed by atoms with Gasteiger partial charge in [-0.2, -0.15) is 0 Å². The van der Waals surface area contributed by atoms with Gasteiger partial charge in [-0.15, -0.1) is 0 Å². The topological polar surface area (TPSA) is 48.1 Å². The Morgan fingerprint density at radius 2 is 1.94 bits per heavy atom. The van der Waals surface area contributed by atoms with Gasteiger partial charge >= 0.3 is 0 Å². The summed E-state index contributed by atoms with van der Waals surface area (Å²) in [6, 6.07) is 3.87. The molecule has 0 spiro atoms. The molecular formula is C12H14N2OS. The van der Waals surface area contributed by atoms with Crippen molar-refractivity contribution in [1.82, 2.24) is 4.98 Å². The standard InChI is InChI=1S/C12H14N2OS/c1-7-4-8(2)11(5-10(7)13)15-12-14-9(3)6-16-12/h4-6H,13H2,1-3H3. The van der Waals surface area contributed by atoms with Crippen LogP contribution in [0.4, 0.5) is 5.69 Å². The van der Waals surface area contributed by atoms with Crippen molar-refractivity contribution in [2.45, 2.75) is 20.8 Å². The van der Waals surface area contributed by atoms with E-state index in [0.29, 0.717) is 5.19 Å². The highest BCUT2D eigenvalue weighted by atomic mass is 32.1. The Morgan fingerprint density at radius 1 is 1.19 bits per heavy atom. The lowest BCUT2D eigenvalue weighted by molar-refractivity contribution is 0.474. The molecular weight excluding hydrogens is 220 g/mol. The molecule has 0 bridgehead atoms. The maximum absolute atomic E-state index is 5.85. The van der Waals surface area contributed by atoms with E-state index in [1.165, 1.54) is 11.3 Å². The molecule has 0 fully saturated rings. The first-order valence-electron chi connectivity index (χ1n) is 5.03.